The van der Waals surface area contributed by atoms with E-state index in [1.54, 1.807) is 0 Å². The molecular weight excluding hydrogens is 312 g/mol. The largest absolute Gasteiger partial charge is 0.393 e. The lowest BCUT2D eigenvalue weighted by molar-refractivity contribution is -0.159. The van der Waals surface area contributed by atoms with Gasteiger partial charge < -0.3 is 4.74 Å². The number of esters is 2. The molecule has 25 heavy (non-hydrogen) atoms. The quantitative estimate of drug-likeness (QED) is 0.262. The maximum absolute atomic E-state index is 11.7. The van der Waals surface area contributed by atoms with Gasteiger partial charge in [0.25, 0.3) is 0 Å². The zero-order chi connectivity index (χ0) is 17.7. The van der Waals surface area contributed by atoms with E-state index in [1.807, 2.05) is 0 Å². The van der Waals surface area contributed by atoms with E-state index in [4.69, 9.17) is 4.74 Å². The third-order valence-corrected chi connectivity index (χ3v) is 6.16. The minimum Gasteiger partial charge on any atom is -0.393 e. The fraction of sp³-hybridized carbons (Fsp3) is 0.909. The minimum absolute atomic E-state index is 0.319. The summed E-state index contributed by atoms with van der Waals surface area (Å²) in [6.07, 6.45) is 21.0. The Morgan fingerprint density at radius 1 is 0.600 bits per heavy atom. The molecule has 2 aliphatic carbocycles. The summed E-state index contributed by atoms with van der Waals surface area (Å²) in [6.45, 7) is 0. The van der Waals surface area contributed by atoms with Crippen LogP contribution in [0.2, 0.25) is 0 Å². The molecule has 0 unspecified atom stereocenters. The SMILES string of the molecule is O=C(CCCCC1CCCCC1)OC(=O)CCCCC1CCCCC1. The van der Waals surface area contributed by atoms with E-state index in [0.717, 1.165) is 37.5 Å². The number of carbonyl (C=O) groups is 2. The topological polar surface area (TPSA) is 43.4 Å². The Kier molecular flexibility index (Phi) is 10.2. The van der Waals surface area contributed by atoms with Gasteiger partial charge in [0.2, 0.25) is 0 Å². The van der Waals surface area contributed by atoms with Crippen LogP contribution in [0.4, 0.5) is 0 Å². The van der Waals surface area contributed by atoms with Crippen molar-refractivity contribution < 1.29 is 14.3 Å². The van der Waals surface area contributed by atoms with Crippen LogP contribution in [-0.4, -0.2) is 11.9 Å². The number of unbranched alkanes of at least 4 members (excludes halogenated alkanes) is 2. The summed E-state index contributed by atoms with van der Waals surface area (Å²) >= 11 is 0. The highest BCUT2D eigenvalue weighted by Crippen LogP contribution is 2.28. The van der Waals surface area contributed by atoms with Crippen LogP contribution < -0.4 is 0 Å². The lowest BCUT2D eigenvalue weighted by atomic mass is 9.85. The molecule has 0 aromatic carbocycles. The van der Waals surface area contributed by atoms with E-state index >= 15 is 0 Å². The Hall–Kier alpha value is -0.860. The molecule has 3 nitrogen and oxygen atoms in total. The highest BCUT2D eigenvalue weighted by molar-refractivity contribution is 5.85. The summed E-state index contributed by atoms with van der Waals surface area (Å²) in [5.74, 6) is 1.10. The van der Waals surface area contributed by atoms with Gasteiger partial charge in [0, 0.05) is 12.8 Å². The van der Waals surface area contributed by atoms with E-state index in [-0.39, 0.29) is 11.9 Å². The summed E-state index contributed by atoms with van der Waals surface area (Å²) in [5.41, 5.74) is 0. The highest BCUT2D eigenvalue weighted by Gasteiger charge is 2.15. The second kappa shape index (κ2) is 12.5. The van der Waals surface area contributed by atoms with E-state index < -0.39 is 0 Å². The van der Waals surface area contributed by atoms with Gasteiger partial charge in [0.05, 0.1) is 0 Å². The van der Waals surface area contributed by atoms with E-state index in [2.05, 4.69) is 0 Å². The van der Waals surface area contributed by atoms with E-state index in [9.17, 15) is 9.59 Å². The first-order valence-corrected chi connectivity index (χ1v) is 11.0. The standard InChI is InChI=1S/C22H38O3/c23-21(17-9-7-15-19-11-3-1-4-12-19)25-22(24)18-10-8-16-20-13-5-2-6-14-20/h19-20H,1-18H2. The van der Waals surface area contributed by atoms with Crippen molar-refractivity contribution in [1.82, 2.24) is 0 Å². The Bertz CT molecular complexity index is 343. The van der Waals surface area contributed by atoms with E-state index in [1.165, 1.54) is 77.0 Å². The molecule has 0 amide bonds. The Morgan fingerprint density at radius 3 is 1.40 bits per heavy atom. The number of ether oxygens (including phenoxy) is 1. The molecule has 0 aromatic rings. The number of carbonyl (C=O) groups excluding carboxylic acids is 2. The lowest BCUT2D eigenvalue weighted by Gasteiger charge is -2.21. The summed E-state index contributed by atoms with van der Waals surface area (Å²) < 4.78 is 4.96. The highest BCUT2D eigenvalue weighted by atomic mass is 16.6. The predicted molar refractivity (Wildman–Crippen MR) is 101 cm³/mol. The fourth-order valence-electron chi connectivity index (χ4n) is 4.59. The van der Waals surface area contributed by atoms with Crippen LogP contribution in [0, 0.1) is 11.8 Å². The van der Waals surface area contributed by atoms with Crippen LogP contribution in [0.25, 0.3) is 0 Å². The molecule has 0 atom stereocenters. The molecule has 0 heterocycles. The molecule has 0 radical (unpaired) electrons. The van der Waals surface area contributed by atoms with Crippen LogP contribution in [0.5, 0.6) is 0 Å². The zero-order valence-corrected chi connectivity index (χ0v) is 16.1. The smallest absolute Gasteiger partial charge is 0.313 e. The van der Waals surface area contributed by atoms with Crippen molar-refractivity contribution in [2.45, 2.75) is 116 Å². The normalized spacial score (nSPS) is 19.7. The van der Waals surface area contributed by atoms with Gasteiger partial charge in [-0.2, -0.15) is 0 Å². The molecular formula is C22H38O3. The Morgan fingerprint density at radius 2 is 1.00 bits per heavy atom. The zero-order valence-electron chi connectivity index (χ0n) is 16.1. The molecule has 2 aliphatic rings. The summed E-state index contributed by atoms with van der Waals surface area (Å²) in [5, 5.41) is 0. The second-order valence-corrected chi connectivity index (χ2v) is 8.35. The van der Waals surface area contributed by atoms with Gasteiger partial charge in [-0.3, -0.25) is 9.59 Å². The van der Waals surface area contributed by atoms with Crippen molar-refractivity contribution in [3.05, 3.63) is 0 Å². The monoisotopic (exact) mass is 350 g/mol. The first-order chi connectivity index (χ1) is 12.2. The number of rotatable bonds is 10. The van der Waals surface area contributed by atoms with Gasteiger partial charge in [-0.05, 0) is 24.7 Å². The maximum Gasteiger partial charge on any atom is 0.313 e. The molecule has 0 aliphatic heterocycles. The van der Waals surface area contributed by atoms with Crippen molar-refractivity contribution in [1.29, 1.82) is 0 Å². The summed E-state index contributed by atoms with van der Waals surface area (Å²) in [7, 11) is 0. The van der Waals surface area contributed by atoms with Crippen LogP contribution in [0.3, 0.4) is 0 Å². The first kappa shape index (κ1) is 20.5. The first-order valence-electron chi connectivity index (χ1n) is 11.0. The van der Waals surface area contributed by atoms with Gasteiger partial charge in [0.1, 0.15) is 0 Å². The lowest BCUT2D eigenvalue weighted by Crippen LogP contribution is -2.12. The van der Waals surface area contributed by atoms with Gasteiger partial charge in [-0.25, -0.2) is 0 Å². The van der Waals surface area contributed by atoms with Gasteiger partial charge in [0.15, 0.2) is 0 Å². The minimum atomic E-state index is -0.319. The molecule has 2 fully saturated rings. The number of hydrogen-bond acceptors (Lipinski definition) is 3. The summed E-state index contributed by atoms with van der Waals surface area (Å²) in [6, 6.07) is 0. The molecule has 2 saturated carbocycles. The Labute approximate surface area is 154 Å². The fourth-order valence-corrected chi connectivity index (χ4v) is 4.59. The van der Waals surface area contributed by atoms with Crippen LogP contribution >= 0.6 is 0 Å². The molecule has 3 heteroatoms. The van der Waals surface area contributed by atoms with Crippen LogP contribution in [-0.2, 0) is 14.3 Å². The van der Waals surface area contributed by atoms with Crippen LogP contribution in [0.1, 0.15) is 116 Å². The molecule has 144 valence electrons. The maximum atomic E-state index is 11.7. The van der Waals surface area contributed by atoms with Gasteiger partial charge in [-0.15, -0.1) is 0 Å². The molecule has 2 rings (SSSR count). The second-order valence-electron chi connectivity index (χ2n) is 8.35. The molecule has 0 spiro atoms. The van der Waals surface area contributed by atoms with Crippen molar-refractivity contribution >= 4 is 11.9 Å². The third-order valence-electron chi connectivity index (χ3n) is 6.16. The van der Waals surface area contributed by atoms with Gasteiger partial charge in [-0.1, -0.05) is 89.9 Å². The van der Waals surface area contributed by atoms with E-state index in [0.29, 0.717) is 12.8 Å². The molecule has 0 bridgehead atoms. The summed E-state index contributed by atoms with van der Waals surface area (Å²) in [4.78, 5) is 23.5. The van der Waals surface area contributed by atoms with Crippen molar-refractivity contribution in [2.24, 2.45) is 11.8 Å². The predicted octanol–water partition coefficient (Wildman–Crippen LogP) is 6.34. The van der Waals surface area contributed by atoms with Crippen molar-refractivity contribution in [3.63, 3.8) is 0 Å². The Balaban J connectivity index is 1.42. The van der Waals surface area contributed by atoms with Crippen LogP contribution in [0.15, 0.2) is 0 Å². The third kappa shape index (κ3) is 9.42. The van der Waals surface area contributed by atoms with Crippen molar-refractivity contribution in [2.75, 3.05) is 0 Å². The molecule has 0 aromatic heterocycles. The molecule has 0 N–H and O–H groups in total. The van der Waals surface area contributed by atoms with Crippen molar-refractivity contribution in [3.8, 4) is 0 Å². The van der Waals surface area contributed by atoms with Gasteiger partial charge >= 0.3 is 11.9 Å². The average Bonchev–Trinajstić information content (AvgIpc) is 2.64. The molecule has 0 saturated heterocycles. The average molecular weight is 351 g/mol. The number of hydrogen-bond donors (Lipinski definition) is 0.